The van der Waals surface area contributed by atoms with E-state index in [-0.39, 0.29) is 246 Å². The van der Waals surface area contributed by atoms with Crippen LogP contribution in [-0.2, 0) is 60.7 Å². The van der Waals surface area contributed by atoms with Gasteiger partial charge in [0.2, 0.25) is 0 Å². The Balaban J connectivity index is 0.00000480. The predicted molar refractivity (Wildman–Crippen MR) is 295 cm³/mol. The van der Waals surface area contributed by atoms with Gasteiger partial charge in [-0.2, -0.15) is 8.42 Å². The molecule has 0 radical (unpaired) electrons. The van der Waals surface area contributed by atoms with E-state index in [1.54, 1.807) is 0 Å². The summed E-state index contributed by atoms with van der Waals surface area (Å²) in [5.74, 6) is -3.46. The molecule has 0 aliphatic heterocycles. The first-order valence-corrected chi connectivity index (χ1v) is 31.9. The molecule has 8 aromatic rings. The van der Waals surface area contributed by atoms with Gasteiger partial charge in [-0.1, -0.05) is 12.1 Å². The van der Waals surface area contributed by atoms with E-state index in [2.05, 4.69) is 31.6 Å². The van der Waals surface area contributed by atoms with Crippen LogP contribution in [-0.4, -0.2) is 107 Å². The van der Waals surface area contributed by atoms with Crippen molar-refractivity contribution >= 4 is 146 Å². The average molecular weight is 1430 g/mol. The maximum atomic E-state index is 13.5. The van der Waals surface area contributed by atoms with Gasteiger partial charge in [0.15, 0.2) is 0 Å². The molecule has 29 nitrogen and oxygen atoms in total. The van der Waals surface area contributed by atoms with Crippen molar-refractivity contribution in [3.8, 4) is 0 Å². The second kappa shape index (κ2) is 33.0. The van der Waals surface area contributed by atoms with Crippen molar-refractivity contribution in [2.75, 3.05) is 26.6 Å². The molecule has 92 heavy (non-hydrogen) atoms. The summed E-state index contributed by atoms with van der Waals surface area (Å²) in [6.07, 6.45) is 0. The van der Waals surface area contributed by atoms with Gasteiger partial charge in [0.05, 0.1) is 47.6 Å². The molecular weight excluding hydrogens is 1390 g/mol. The summed E-state index contributed by atoms with van der Waals surface area (Å²) in [6, 6.07) is 21.4. The van der Waals surface area contributed by atoms with E-state index in [0.717, 1.165) is 12.1 Å². The van der Waals surface area contributed by atoms with Crippen LogP contribution < -0.4 is 209 Å². The fraction of sp³-hybridized carbons (Fsp3) is 0.0392. The van der Waals surface area contributed by atoms with Gasteiger partial charge in [-0.3, -0.25) is 23.7 Å². The summed E-state index contributed by atoms with van der Waals surface area (Å²) in [5.41, 5.74) is -0.530. The number of benzene rings is 8. The number of amidine groups is 1. The largest absolute Gasteiger partial charge is 1.00 e. The summed E-state index contributed by atoms with van der Waals surface area (Å²) in [5, 5.41) is 21.8. The van der Waals surface area contributed by atoms with Gasteiger partial charge < -0.3 is 54.5 Å². The number of hydrogen-bond donors (Lipinski definition) is 6. The molecule has 0 spiro atoms. The Bertz CT molecular complexity index is 5070. The third-order valence-corrected chi connectivity index (χ3v) is 17.5. The van der Waals surface area contributed by atoms with E-state index in [1.807, 2.05) is 0 Å². The number of amides is 4. The first-order valence-electron chi connectivity index (χ1n) is 23.5. The van der Waals surface area contributed by atoms with Crippen molar-refractivity contribution in [3.63, 3.8) is 0 Å². The summed E-state index contributed by atoms with van der Waals surface area (Å²) in [4.78, 5) is 50.0. The van der Waals surface area contributed by atoms with Crippen molar-refractivity contribution in [2.24, 2.45) is 4.99 Å². The topological polar surface area (TPSA) is 504 Å². The minimum Gasteiger partial charge on any atom is -0.846 e. The Morgan fingerprint density at radius 3 is 1.11 bits per heavy atom. The van der Waals surface area contributed by atoms with Crippen LogP contribution in [0.2, 0.25) is 0 Å². The zero-order valence-corrected chi connectivity index (χ0v) is 65.9. The third-order valence-electron chi connectivity index (χ3n) is 12.4. The number of rotatable bonds is 16. The molecule has 0 saturated carbocycles. The fourth-order valence-corrected chi connectivity index (χ4v) is 12.5. The van der Waals surface area contributed by atoms with Crippen LogP contribution >= 0.6 is 0 Å². The molecule has 0 fully saturated rings. The van der Waals surface area contributed by atoms with Crippen LogP contribution in [0.3, 0.4) is 0 Å². The summed E-state index contributed by atoms with van der Waals surface area (Å²) in [6.45, 7) is 2.95. The first-order chi connectivity index (χ1) is 39.8. The summed E-state index contributed by atoms with van der Waals surface area (Å²) >= 11 is 0. The molecule has 0 aliphatic carbocycles. The third kappa shape index (κ3) is 20.5. The van der Waals surface area contributed by atoms with Gasteiger partial charge in [-0.15, -0.1) is 0 Å². The van der Waals surface area contributed by atoms with Crippen LogP contribution in [0.15, 0.2) is 168 Å². The Morgan fingerprint density at radius 1 is 0.380 bits per heavy atom. The fourth-order valence-electron chi connectivity index (χ4n) is 8.51. The zero-order valence-electron chi connectivity index (χ0n) is 49.0. The number of fused-ring (bicyclic) bond motifs is 2. The molecule has 41 heteroatoms. The van der Waals surface area contributed by atoms with Gasteiger partial charge in [-0.05, 0) is 146 Å². The van der Waals surface area contributed by atoms with E-state index in [1.165, 1.54) is 98.8 Å². The van der Waals surface area contributed by atoms with Crippen LogP contribution in [0.5, 0.6) is 0 Å². The van der Waals surface area contributed by atoms with E-state index < -0.39 is 153 Å². The normalized spacial score (nSPS) is 11.8. The van der Waals surface area contributed by atoms with Crippen molar-refractivity contribution in [2.45, 2.75) is 43.2 Å². The molecule has 0 aliphatic rings. The quantitative estimate of drug-likeness (QED) is 0.0226. The maximum Gasteiger partial charge on any atom is 1.00 e. The molecule has 0 unspecified atom stereocenters. The summed E-state index contributed by atoms with van der Waals surface area (Å²) in [7, 11) is -33.2. The maximum absolute atomic E-state index is 13.5. The molecule has 0 atom stereocenters. The SMILES string of the molecule is Cc1cc(C(=O)Nc2ccc(S(=O)(=O)[O-])c3cc(S(=O)(=O)[O-])cc(S(=O)(=O)[O-])c23)ccc1NC(=O)c1cccc(N=C([O-])Nc2cccc(C(=O)Nc3ccc(C(=O)Nc4ccc(S(=O)(=O)[O-])c5cc(S(=O)(=O)[O-])cc(S(=O)(=O)O)c45)cc3C)c2)c1.[Na+].[Na+].[Na+].[Na+].[Na+].[Na+]. The molecule has 4 amide bonds. The molecule has 0 aromatic heterocycles. The summed E-state index contributed by atoms with van der Waals surface area (Å²) < 4.78 is 215. The predicted octanol–water partition coefficient (Wildman–Crippen LogP) is -14.1. The second-order valence-electron chi connectivity index (χ2n) is 18.2. The van der Waals surface area contributed by atoms with Crippen LogP contribution in [0.4, 0.5) is 34.1 Å². The van der Waals surface area contributed by atoms with E-state index >= 15 is 0 Å². The minimum absolute atomic E-state index is 0. The Hall–Kier alpha value is -3.11. The second-order valence-corrected chi connectivity index (χ2v) is 26.4. The number of aryl methyl sites for hydroxylation is 2. The molecule has 8 aromatic carbocycles. The molecule has 8 rings (SSSR count). The van der Waals surface area contributed by atoms with E-state index in [0.29, 0.717) is 24.3 Å². The first kappa shape index (κ1) is 85.0. The molecule has 0 bridgehead atoms. The number of carbonyl (C=O) groups excluding carboxylic acids is 4. The van der Waals surface area contributed by atoms with Gasteiger partial charge in [0.25, 0.3) is 33.7 Å². The number of hydrogen-bond acceptors (Lipinski definition) is 23. The number of anilines is 5. The van der Waals surface area contributed by atoms with Gasteiger partial charge >= 0.3 is 177 Å². The van der Waals surface area contributed by atoms with Crippen LogP contribution in [0.25, 0.3) is 21.5 Å². The standard InChI is InChI=1S/C51H40N6O23S6.6Na/c1-25-17-29(49(60)56-39-13-15-41(83(69,70)71)35-21-33(81(63,64)65)23-43(45(35)39)85(75,76)77)9-11-37(25)54-47(58)27-5-3-7-31(19-27)52-51(62)53-32-8-4-6-28(20-32)48(59)55-38-12-10-30(18-26(38)2)50(61)57-40-14-16-42(84(72,73)74)36-22-34(82(66,67)68)24-44(46(36)40)86(78,79)80;;;;;;/h3-24H,1-2H3,(H,54,58)(H,55,59)(H,56,60)(H,57,61)(H2,52,53,62)(H,63,64,65)(H,66,67,68)(H,69,70,71)(H,72,73,74)(H,75,76,77)(H,78,79,80);;;;;;/q;6*+1/p-6. The molecular formula is C51H34N6Na6O23S6. The van der Waals surface area contributed by atoms with E-state index in [9.17, 15) is 102 Å². The Kier molecular flexibility index (Phi) is 30.4. The Morgan fingerprint density at radius 2 is 0.728 bits per heavy atom. The van der Waals surface area contributed by atoms with Gasteiger partial charge in [0.1, 0.15) is 55.5 Å². The molecule has 448 valence electrons. The van der Waals surface area contributed by atoms with Crippen LogP contribution in [0, 0.1) is 13.8 Å². The Labute approximate surface area is 657 Å². The number of carbonyl (C=O) groups is 4. The number of aliphatic imine (C=N–C) groups is 1. The number of nitrogens with zero attached hydrogens (tertiary/aromatic N) is 1. The monoisotopic (exact) mass is 1430 g/mol. The van der Waals surface area contributed by atoms with Crippen molar-refractivity contribution in [1.82, 2.24) is 0 Å². The molecule has 6 N–H and O–H groups in total. The van der Waals surface area contributed by atoms with Crippen molar-refractivity contribution < 1.29 is 279 Å². The van der Waals surface area contributed by atoms with Crippen molar-refractivity contribution in [3.05, 3.63) is 167 Å². The zero-order chi connectivity index (χ0) is 63.4. The smallest absolute Gasteiger partial charge is 0.846 e. The van der Waals surface area contributed by atoms with Gasteiger partial charge in [0, 0.05) is 60.9 Å². The average Bonchev–Trinajstić information content (AvgIpc) is 0.749. The van der Waals surface area contributed by atoms with Crippen molar-refractivity contribution in [1.29, 1.82) is 0 Å². The molecule has 0 heterocycles. The number of nitrogens with one attached hydrogen (secondary N) is 5. The molecule has 0 saturated heterocycles. The minimum atomic E-state index is -5.72. The van der Waals surface area contributed by atoms with E-state index in [4.69, 9.17) is 0 Å². The van der Waals surface area contributed by atoms with Crippen LogP contribution in [0.1, 0.15) is 52.6 Å². The van der Waals surface area contributed by atoms with Gasteiger partial charge in [-0.25, -0.2) is 47.1 Å².